The van der Waals surface area contributed by atoms with Crippen LogP contribution in [0.2, 0.25) is 0 Å². The third-order valence-electron chi connectivity index (χ3n) is 6.58. The summed E-state index contributed by atoms with van der Waals surface area (Å²) < 4.78 is 43.9. The van der Waals surface area contributed by atoms with Gasteiger partial charge in [0.15, 0.2) is 0 Å². The first-order chi connectivity index (χ1) is 16.7. The summed E-state index contributed by atoms with van der Waals surface area (Å²) in [5.74, 6) is -0.387. The van der Waals surface area contributed by atoms with Gasteiger partial charge in [-0.25, -0.2) is 0 Å². The van der Waals surface area contributed by atoms with Crippen LogP contribution in [0.3, 0.4) is 0 Å². The van der Waals surface area contributed by atoms with Gasteiger partial charge < -0.3 is 10.1 Å². The monoisotopic (exact) mass is 482 g/mol. The molecular weight excluding hydrogens is 453 g/mol. The minimum atomic E-state index is -4.86. The summed E-state index contributed by atoms with van der Waals surface area (Å²) in [5.41, 5.74) is 3.89. The van der Waals surface area contributed by atoms with Crippen molar-refractivity contribution in [3.8, 4) is 5.75 Å². The summed E-state index contributed by atoms with van der Waals surface area (Å²) in [5, 5.41) is 2.99. The largest absolute Gasteiger partial charge is 0.573 e. The van der Waals surface area contributed by atoms with Gasteiger partial charge in [0.2, 0.25) is 5.91 Å². The van der Waals surface area contributed by atoms with E-state index in [4.69, 9.17) is 0 Å². The van der Waals surface area contributed by atoms with Crippen LogP contribution in [0.4, 0.5) is 18.9 Å². The number of halogens is 3. The number of nitrogens with one attached hydrogen (secondary N) is 1. The SMILES string of the molecule is Cc1cccc(C)c1NC(=O)C(c1ccccc1OC(F)(F)F)N1CCC(c2ccccc2)CC1. The van der Waals surface area contributed by atoms with Crippen molar-refractivity contribution in [1.82, 2.24) is 4.90 Å². The van der Waals surface area contributed by atoms with Gasteiger partial charge in [-0.3, -0.25) is 9.69 Å². The first-order valence-electron chi connectivity index (χ1n) is 11.7. The summed E-state index contributed by atoms with van der Waals surface area (Å²) in [6, 6.07) is 20.9. The molecule has 3 aromatic rings. The Hall–Kier alpha value is -3.32. The third kappa shape index (κ3) is 6.03. The molecule has 3 aromatic carbocycles. The molecule has 0 aromatic heterocycles. The lowest BCUT2D eigenvalue weighted by Gasteiger charge is -2.37. The lowest BCUT2D eigenvalue weighted by atomic mass is 9.88. The number of carbonyl (C=O) groups is 1. The van der Waals surface area contributed by atoms with Crippen LogP contribution in [0.25, 0.3) is 0 Å². The topological polar surface area (TPSA) is 41.6 Å². The fraction of sp³-hybridized carbons (Fsp3) is 0.321. The number of alkyl halides is 3. The Labute approximate surface area is 203 Å². The van der Waals surface area contributed by atoms with Gasteiger partial charge in [-0.2, -0.15) is 0 Å². The van der Waals surface area contributed by atoms with Crippen LogP contribution in [-0.2, 0) is 4.79 Å². The van der Waals surface area contributed by atoms with Crippen molar-refractivity contribution >= 4 is 11.6 Å². The number of para-hydroxylation sites is 2. The van der Waals surface area contributed by atoms with E-state index < -0.39 is 12.4 Å². The predicted octanol–water partition coefficient (Wildman–Crippen LogP) is 6.76. The fourth-order valence-electron chi connectivity index (χ4n) is 4.85. The normalized spacial score (nSPS) is 16.0. The first-order valence-corrected chi connectivity index (χ1v) is 11.7. The number of nitrogens with zero attached hydrogens (tertiary/aromatic N) is 1. The molecule has 0 saturated carbocycles. The quantitative estimate of drug-likeness (QED) is 0.422. The van der Waals surface area contributed by atoms with E-state index in [1.165, 1.54) is 17.7 Å². The van der Waals surface area contributed by atoms with Crippen molar-refractivity contribution < 1.29 is 22.7 Å². The van der Waals surface area contributed by atoms with E-state index in [-0.39, 0.29) is 17.2 Å². The molecule has 1 heterocycles. The van der Waals surface area contributed by atoms with Gasteiger partial charge in [0.1, 0.15) is 11.8 Å². The molecule has 0 aliphatic carbocycles. The highest BCUT2D eigenvalue weighted by molar-refractivity contribution is 5.97. The molecule has 1 fully saturated rings. The first kappa shape index (κ1) is 24.8. The lowest BCUT2D eigenvalue weighted by Crippen LogP contribution is -2.42. The highest BCUT2D eigenvalue weighted by Gasteiger charge is 2.37. The Kier molecular flexibility index (Phi) is 7.45. The highest BCUT2D eigenvalue weighted by atomic mass is 19.4. The van der Waals surface area contributed by atoms with Crippen molar-refractivity contribution in [2.45, 2.75) is 45.0 Å². The van der Waals surface area contributed by atoms with Crippen LogP contribution in [0.15, 0.2) is 72.8 Å². The van der Waals surface area contributed by atoms with Gasteiger partial charge >= 0.3 is 6.36 Å². The van der Waals surface area contributed by atoms with E-state index in [2.05, 4.69) is 22.2 Å². The van der Waals surface area contributed by atoms with Crippen LogP contribution in [0.1, 0.15) is 47.1 Å². The lowest BCUT2D eigenvalue weighted by molar-refractivity contribution is -0.275. The minimum absolute atomic E-state index is 0.201. The second-order valence-electron chi connectivity index (χ2n) is 8.97. The molecule has 0 spiro atoms. The standard InChI is InChI=1S/C28H29F3N2O2/c1-19-9-8-10-20(2)25(19)32-27(34)26(23-13-6-7-14-24(23)35-28(29,30)31)33-17-15-22(16-18-33)21-11-4-3-5-12-21/h3-14,22,26H,15-18H2,1-2H3,(H,32,34). The number of anilines is 1. The van der Waals surface area contributed by atoms with E-state index in [1.807, 2.05) is 55.1 Å². The summed E-state index contributed by atoms with van der Waals surface area (Å²) in [6.45, 7) is 4.93. The maximum Gasteiger partial charge on any atom is 0.573 e. The number of benzene rings is 3. The number of amides is 1. The van der Waals surface area contributed by atoms with Crippen LogP contribution in [-0.4, -0.2) is 30.3 Å². The number of hydrogen-bond donors (Lipinski definition) is 1. The molecule has 1 aliphatic rings. The number of carbonyl (C=O) groups excluding carboxylic acids is 1. The Morgan fingerprint density at radius 2 is 1.51 bits per heavy atom. The fourth-order valence-corrected chi connectivity index (χ4v) is 4.85. The number of likely N-dealkylation sites (tertiary alicyclic amines) is 1. The van der Waals surface area contributed by atoms with Crippen molar-refractivity contribution in [3.63, 3.8) is 0 Å². The van der Waals surface area contributed by atoms with Crippen LogP contribution >= 0.6 is 0 Å². The Morgan fingerprint density at radius 1 is 0.914 bits per heavy atom. The highest BCUT2D eigenvalue weighted by Crippen LogP contribution is 2.38. The number of rotatable bonds is 6. The summed E-state index contributed by atoms with van der Waals surface area (Å²) >= 11 is 0. The van der Waals surface area contributed by atoms with Gasteiger partial charge in [0.25, 0.3) is 0 Å². The van der Waals surface area contributed by atoms with Gasteiger partial charge in [0.05, 0.1) is 0 Å². The molecular formula is C28H29F3N2O2. The van der Waals surface area contributed by atoms with Crippen molar-refractivity contribution in [1.29, 1.82) is 0 Å². The average molecular weight is 483 g/mol. The van der Waals surface area contributed by atoms with Crippen LogP contribution in [0, 0.1) is 13.8 Å². The number of hydrogen-bond acceptors (Lipinski definition) is 3. The molecule has 1 aliphatic heterocycles. The smallest absolute Gasteiger partial charge is 0.405 e. The summed E-state index contributed by atoms with van der Waals surface area (Å²) in [6.07, 6.45) is -3.25. The number of ether oxygens (including phenoxy) is 1. The van der Waals surface area contributed by atoms with Crippen molar-refractivity contribution in [2.75, 3.05) is 18.4 Å². The van der Waals surface area contributed by atoms with E-state index in [0.29, 0.717) is 24.7 Å². The van der Waals surface area contributed by atoms with E-state index in [0.717, 1.165) is 24.0 Å². The van der Waals surface area contributed by atoms with E-state index >= 15 is 0 Å². The molecule has 184 valence electrons. The third-order valence-corrected chi connectivity index (χ3v) is 6.58. The van der Waals surface area contributed by atoms with Crippen molar-refractivity contribution in [2.24, 2.45) is 0 Å². The molecule has 4 nitrogen and oxygen atoms in total. The molecule has 7 heteroatoms. The van der Waals surface area contributed by atoms with Crippen LogP contribution in [0.5, 0.6) is 5.75 Å². The van der Waals surface area contributed by atoms with Crippen molar-refractivity contribution in [3.05, 3.63) is 95.1 Å². The zero-order valence-electron chi connectivity index (χ0n) is 19.8. The zero-order valence-corrected chi connectivity index (χ0v) is 19.8. The van der Waals surface area contributed by atoms with Gasteiger partial charge in [-0.15, -0.1) is 13.2 Å². The van der Waals surface area contributed by atoms with Gasteiger partial charge in [-0.1, -0.05) is 66.7 Å². The zero-order chi connectivity index (χ0) is 25.0. The molecule has 1 N–H and O–H groups in total. The minimum Gasteiger partial charge on any atom is -0.405 e. The number of piperidine rings is 1. The molecule has 35 heavy (non-hydrogen) atoms. The van der Waals surface area contributed by atoms with Gasteiger partial charge in [0, 0.05) is 11.3 Å². The van der Waals surface area contributed by atoms with Gasteiger partial charge in [-0.05, 0) is 68.5 Å². The number of aryl methyl sites for hydroxylation is 2. The van der Waals surface area contributed by atoms with E-state index in [9.17, 15) is 18.0 Å². The summed E-state index contributed by atoms with van der Waals surface area (Å²) in [7, 11) is 0. The maximum atomic E-state index is 13.7. The van der Waals surface area contributed by atoms with Crippen LogP contribution < -0.4 is 10.1 Å². The molecule has 1 unspecified atom stereocenters. The summed E-state index contributed by atoms with van der Waals surface area (Å²) in [4.78, 5) is 15.7. The van der Waals surface area contributed by atoms with E-state index in [1.54, 1.807) is 12.1 Å². The maximum absolute atomic E-state index is 13.7. The average Bonchev–Trinajstić information content (AvgIpc) is 2.83. The molecule has 1 atom stereocenters. The predicted molar refractivity (Wildman–Crippen MR) is 130 cm³/mol. The Balaban J connectivity index is 1.65. The second-order valence-corrected chi connectivity index (χ2v) is 8.97. The molecule has 0 radical (unpaired) electrons. The molecule has 4 rings (SSSR count). The molecule has 0 bridgehead atoms. The Bertz CT molecular complexity index is 1140. The molecule has 1 amide bonds. The molecule has 1 saturated heterocycles. The Morgan fingerprint density at radius 3 is 2.14 bits per heavy atom. The second kappa shape index (κ2) is 10.5.